The van der Waals surface area contributed by atoms with E-state index in [9.17, 15) is 18.0 Å². The van der Waals surface area contributed by atoms with Crippen LogP contribution in [0.2, 0.25) is 5.02 Å². The van der Waals surface area contributed by atoms with Crippen molar-refractivity contribution in [1.82, 2.24) is 5.43 Å². The van der Waals surface area contributed by atoms with Crippen LogP contribution in [0.5, 0.6) is 0 Å². The minimum absolute atomic E-state index is 0.0182. The number of alkyl halides is 3. The van der Waals surface area contributed by atoms with Crippen molar-refractivity contribution in [3.05, 3.63) is 63.7 Å². The van der Waals surface area contributed by atoms with Crippen LogP contribution in [0.3, 0.4) is 0 Å². The number of nitrogens with zero attached hydrogens (tertiary/aromatic N) is 2. The number of hydrogen-bond donors (Lipinski definition) is 2. The van der Waals surface area contributed by atoms with Crippen molar-refractivity contribution in [2.45, 2.75) is 6.18 Å². The van der Waals surface area contributed by atoms with Gasteiger partial charge in [-0.25, -0.2) is 0 Å². The lowest BCUT2D eigenvalue weighted by atomic mass is 10.1. The van der Waals surface area contributed by atoms with E-state index < -0.39 is 23.3 Å². The zero-order valence-electron chi connectivity index (χ0n) is 12.3. The van der Waals surface area contributed by atoms with Crippen molar-refractivity contribution in [2.24, 2.45) is 0 Å². The van der Waals surface area contributed by atoms with Gasteiger partial charge in [-0.1, -0.05) is 11.6 Å². The summed E-state index contributed by atoms with van der Waals surface area (Å²) in [4.78, 5) is 12.0. The highest BCUT2D eigenvalue weighted by molar-refractivity contribution is 6.34. The van der Waals surface area contributed by atoms with Crippen LogP contribution in [0, 0.1) is 22.7 Å². The summed E-state index contributed by atoms with van der Waals surface area (Å²) in [7, 11) is 0. The Morgan fingerprint density at radius 2 is 1.64 bits per heavy atom. The summed E-state index contributed by atoms with van der Waals surface area (Å²) in [5, 5.41) is 17.4. The van der Waals surface area contributed by atoms with Gasteiger partial charge in [-0.15, -0.1) is 0 Å². The first-order chi connectivity index (χ1) is 11.8. The van der Waals surface area contributed by atoms with Crippen LogP contribution in [0.4, 0.5) is 18.9 Å². The molecule has 126 valence electrons. The number of hydrazine groups is 1. The molecule has 0 saturated heterocycles. The van der Waals surface area contributed by atoms with Crippen molar-refractivity contribution < 1.29 is 18.0 Å². The standard InChI is InChI=1S/C16H8ClF3N4O/c17-13-6-10(8-22)1-3-11(13)15(25)24-23-14-4-2-9(7-21)5-12(14)16(18,19)20/h1-6,23H,(H,24,25). The monoisotopic (exact) mass is 364 g/mol. The Kier molecular flexibility index (Phi) is 5.16. The highest BCUT2D eigenvalue weighted by Gasteiger charge is 2.34. The van der Waals surface area contributed by atoms with Crippen molar-refractivity contribution >= 4 is 23.2 Å². The van der Waals surface area contributed by atoms with Crippen LogP contribution < -0.4 is 10.9 Å². The molecule has 0 fully saturated rings. The summed E-state index contributed by atoms with van der Waals surface area (Å²) in [6, 6.07) is 10.2. The molecule has 0 unspecified atom stereocenters. The molecule has 0 atom stereocenters. The molecule has 1 amide bonds. The van der Waals surface area contributed by atoms with Crippen LogP contribution in [0.1, 0.15) is 27.0 Å². The molecule has 2 aromatic rings. The Morgan fingerprint density at radius 3 is 2.20 bits per heavy atom. The SMILES string of the molecule is N#Cc1ccc(C(=O)NNc2ccc(C#N)cc2C(F)(F)F)c(Cl)c1. The summed E-state index contributed by atoms with van der Waals surface area (Å²) in [6.07, 6.45) is -4.72. The van der Waals surface area contributed by atoms with E-state index in [1.54, 1.807) is 6.07 Å². The number of benzene rings is 2. The summed E-state index contributed by atoms with van der Waals surface area (Å²) in [5.74, 6) is -0.785. The molecule has 2 N–H and O–H groups in total. The number of anilines is 1. The van der Waals surface area contributed by atoms with Gasteiger partial charge in [0.2, 0.25) is 0 Å². The Bertz CT molecular complexity index is 913. The highest BCUT2D eigenvalue weighted by Crippen LogP contribution is 2.35. The third-order valence-electron chi connectivity index (χ3n) is 3.11. The molecule has 0 spiro atoms. The Morgan fingerprint density at radius 1 is 1.04 bits per heavy atom. The minimum atomic E-state index is -4.72. The largest absolute Gasteiger partial charge is 0.418 e. The molecule has 0 aliphatic carbocycles. The first-order valence-electron chi connectivity index (χ1n) is 6.63. The second kappa shape index (κ2) is 7.12. The fourth-order valence-corrected chi connectivity index (χ4v) is 2.18. The molecule has 9 heteroatoms. The van der Waals surface area contributed by atoms with Crippen molar-refractivity contribution in [2.75, 3.05) is 5.43 Å². The minimum Gasteiger partial charge on any atom is -0.298 e. The number of carbonyl (C=O) groups excluding carboxylic acids is 1. The van der Waals surface area contributed by atoms with E-state index >= 15 is 0 Å². The van der Waals surface area contributed by atoms with Crippen molar-refractivity contribution in [1.29, 1.82) is 10.5 Å². The fraction of sp³-hybridized carbons (Fsp3) is 0.0625. The van der Waals surface area contributed by atoms with E-state index in [0.29, 0.717) is 6.07 Å². The zero-order chi connectivity index (χ0) is 18.6. The van der Waals surface area contributed by atoms with Gasteiger partial charge in [0.15, 0.2) is 0 Å². The second-order valence-electron chi connectivity index (χ2n) is 4.76. The molecule has 0 heterocycles. The summed E-state index contributed by atoms with van der Waals surface area (Å²) < 4.78 is 39.1. The van der Waals surface area contributed by atoms with Crippen LogP contribution in [0.15, 0.2) is 36.4 Å². The van der Waals surface area contributed by atoms with Crippen LogP contribution >= 0.6 is 11.6 Å². The van der Waals surface area contributed by atoms with Gasteiger partial charge in [-0.3, -0.25) is 15.6 Å². The lowest BCUT2D eigenvalue weighted by Gasteiger charge is -2.15. The van der Waals surface area contributed by atoms with E-state index in [1.807, 2.05) is 6.07 Å². The van der Waals surface area contributed by atoms with Gasteiger partial charge in [0.05, 0.1) is 45.1 Å². The average Bonchev–Trinajstić information content (AvgIpc) is 2.58. The Balaban J connectivity index is 2.23. The van der Waals surface area contributed by atoms with E-state index in [-0.39, 0.29) is 21.7 Å². The molecule has 2 aromatic carbocycles. The predicted molar refractivity (Wildman–Crippen MR) is 83.4 cm³/mol. The Hall–Kier alpha value is -3.23. The van der Waals surface area contributed by atoms with Gasteiger partial charge >= 0.3 is 6.18 Å². The van der Waals surface area contributed by atoms with E-state index in [2.05, 4.69) is 10.9 Å². The lowest BCUT2D eigenvalue weighted by Crippen LogP contribution is -2.30. The van der Waals surface area contributed by atoms with Crippen LogP contribution in [0.25, 0.3) is 0 Å². The van der Waals surface area contributed by atoms with Crippen LogP contribution in [-0.2, 0) is 6.18 Å². The smallest absolute Gasteiger partial charge is 0.298 e. The molecule has 0 aliphatic heterocycles. The third kappa shape index (κ3) is 4.19. The zero-order valence-corrected chi connectivity index (χ0v) is 13.0. The van der Waals surface area contributed by atoms with Gasteiger partial charge < -0.3 is 0 Å². The number of nitrogens with one attached hydrogen (secondary N) is 2. The highest BCUT2D eigenvalue weighted by atomic mass is 35.5. The topological polar surface area (TPSA) is 88.7 Å². The summed E-state index contributed by atoms with van der Waals surface area (Å²) in [5.41, 5.74) is 2.80. The maximum absolute atomic E-state index is 13.0. The molecule has 25 heavy (non-hydrogen) atoms. The second-order valence-corrected chi connectivity index (χ2v) is 5.16. The first-order valence-corrected chi connectivity index (χ1v) is 7.01. The molecule has 0 bridgehead atoms. The van der Waals surface area contributed by atoms with Crippen LogP contribution in [-0.4, -0.2) is 5.91 Å². The lowest BCUT2D eigenvalue weighted by molar-refractivity contribution is -0.137. The molecule has 0 radical (unpaired) electrons. The molecule has 5 nitrogen and oxygen atoms in total. The summed E-state index contributed by atoms with van der Waals surface area (Å²) in [6.45, 7) is 0. The predicted octanol–water partition coefficient (Wildman–Crippen LogP) is 3.86. The molecule has 0 saturated carbocycles. The molecule has 0 aromatic heterocycles. The van der Waals surface area contributed by atoms with E-state index in [4.69, 9.17) is 22.1 Å². The molecule has 2 rings (SSSR count). The Labute approximate surface area is 145 Å². The van der Waals surface area contributed by atoms with Gasteiger partial charge in [0, 0.05) is 0 Å². The maximum Gasteiger partial charge on any atom is 0.418 e. The number of carbonyl (C=O) groups is 1. The normalized spacial score (nSPS) is 10.5. The number of halogens is 4. The molecular formula is C16H8ClF3N4O. The van der Waals surface area contributed by atoms with E-state index in [0.717, 1.165) is 6.07 Å². The number of rotatable bonds is 3. The molecule has 0 aliphatic rings. The van der Waals surface area contributed by atoms with E-state index in [1.165, 1.54) is 24.3 Å². The van der Waals surface area contributed by atoms with Gasteiger partial charge in [0.1, 0.15) is 0 Å². The summed E-state index contributed by atoms with van der Waals surface area (Å²) >= 11 is 5.87. The maximum atomic E-state index is 13.0. The fourth-order valence-electron chi connectivity index (χ4n) is 1.92. The average molecular weight is 365 g/mol. The van der Waals surface area contributed by atoms with Gasteiger partial charge in [-0.05, 0) is 36.4 Å². The number of hydrogen-bond acceptors (Lipinski definition) is 4. The molecular weight excluding hydrogens is 357 g/mol. The van der Waals surface area contributed by atoms with Crippen molar-refractivity contribution in [3.63, 3.8) is 0 Å². The number of nitriles is 2. The third-order valence-corrected chi connectivity index (χ3v) is 3.42. The van der Waals surface area contributed by atoms with Gasteiger partial charge in [-0.2, -0.15) is 23.7 Å². The van der Waals surface area contributed by atoms with Crippen molar-refractivity contribution in [3.8, 4) is 12.1 Å². The first kappa shape index (κ1) is 18.1. The number of amides is 1. The van der Waals surface area contributed by atoms with Gasteiger partial charge in [0.25, 0.3) is 5.91 Å². The quantitative estimate of drug-likeness (QED) is 0.809.